The first kappa shape index (κ1) is 16.9. The monoisotopic (exact) mass is 296 g/mol. The summed E-state index contributed by atoms with van der Waals surface area (Å²) in [5, 5.41) is 0. The van der Waals surface area contributed by atoms with E-state index in [1.54, 1.807) is 7.11 Å². The summed E-state index contributed by atoms with van der Waals surface area (Å²) in [4.78, 5) is 2.65. The maximum absolute atomic E-state index is 5.76. The average Bonchev–Trinajstić information content (AvgIpc) is 2.44. The molecule has 0 unspecified atom stereocenters. The summed E-state index contributed by atoms with van der Waals surface area (Å²) < 4.78 is 10.8. The molecule has 0 atom stereocenters. The second kappa shape index (κ2) is 9.69. The molecule has 1 rings (SSSR count). The van der Waals surface area contributed by atoms with E-state index in [0.717, 1.165) is 43.9 Å². The summed E-state index contributed by atoms with van der Waals surface area (Å²) in [7, 11) is 3.84. The molecule has 0 bridgehead atoms. The summed E-state index contributed by atoms with van der Waals surface area (Å²) >= 11 is 5.01. The summed E-state index contributed by atoms with van der Waals surface area (Å²) in [6.45, 7) is 3.51. The number of rotatable bonds is 10. The Morgan fingerprint density at radius 2 is 1.85 bits per heavy atom. The van der Waals surface area contributed by atoms with Gasteiger partial charge < -0.3 is 20.1 Å². The van der Waals surface area contributed by atoms with Crippen molar-refractivity contribution in [3.05, 3.63) is 29.8 Å². The third-order valence-electron chi connectivity index (χ3n) is 2.98. The highest BCUT2D eigenvalue weighted by Crippen LogP contribution is 2.17. The van der Waals surface area contributed by atoms with Gasteiger partial charge in [0.2, 0.25) is 0 Å². The van der Waals surface area contributed by atoms with Crippen LogP contribution >= 0.6 is 12.2 Å². The number of ether oxygens (including phenoxy) is 2. The second-order valence-electron chi connectivity index (χ2n) is 4.71. The zero-order valence-corrected chi connectivity index (χ0v) is 13.1. The molecule has 0 saturated carbocycles. The number of para-hydroxylation sites is 1. The largest absolute Gasteiger partial charge is 0.493 e. The van der Waals surface area contributed by atoms with Crippen LogP contribution in [-0.4, -0.2) is 50.3 Å². The van der Waals surface area contributed by atoms with Crippen molar-refractivity contribution in [2.75, 3.05) is 40.5 Å². The van der Waals surface area contributed by atoms with Crippen LogP contribution in [0.15, 0.2) is 24.3 Å². The predicted molar refractivity (Wildman–Crippen MR) is 86.4 cm³/mol. The molecule has 0 fully saturated rings. The van der Waals surface area contributed by atoms with Crippen LogP contribution in [0.2, 0.25) is 0 Å². The first-order chi connectivity index (χ1) is 9.65. The standard InChI is InChI=1S/C15H24N2O2S/c1-17(9-5-11-18-2)10-6-12-19-14-8-4-3-7-13(14)15(16)20/h3-4,7-8H,5-6,9-12H2,1-2H3,(H2,16,20). The van der Waals surface area contributed by atoms with Crippen LogP contribution in [0.3, 0.4) is 0 Å². The van der Waals surface area contributed by atoms with Gasteiger partial charge in [0, 0.05) is 26.8 Å². The number of hydrogen-bond acceptors (Lipinski definition) is 4. The highest BCUT2D eigenvalue weighted by atomic mass is 32.1. The molecule has 1 aromatic rings. The zero-order chi connectivity index (χ0) is 14.8. The molecule has 0 aliphatic carbocycles. The third kappa shape index (κ3) is 6.32. The molecule has 0 radical (unpaired) electrons. The van der Waals surface area contributed by atoms with Crippen molar-refractivity contribution < 1.29 is 9.47 Å². The van der Waals surface area contributed by atoms with Gasteiger partial charge in [0.25, 0.3) is 0 Å². The van der Waals surface area contributed by atoms with Crippen LogP contribution in [-0.2, 0) is 4.74 Å². The van der Waals surface area contributed by atoms with Crippen molar-refractivity contribution in [1.29, 1.82) is 0 Å². The molecule has 1 aromatic carbocycles. The van der Waals surface area contributed by atoms with E-state index in [9.17, 15) is 0 Å². The molecule has 0 amide bonds. The van der Waals surface area contributed by atoms with E-state index < -0.39 is 0 Å². The fourth-order valence-electron chi connectivity index (χ4n) is 1.90. The third-order valence-corrected chi connectivity index (χ3v) is 3.20. The van der Waals surface area contributed by atoms with Crippen LogP contribution in [0, 0.1) is 0 Å². The Morgan fingerprint density at radius 3 is 2.50 bits per heavy atom. The number of thiocarbonyl (C=S) groups is 1. The van der Waals surface area contributed by atoms with E-state index in [1.807, 2.05) is 24.3 Å². The molecular formula is C15H24N2O2S. The van der Waals surface area contributed by atoms with Gasteiger partial charge in [-0.2, -0.15) is 0 Å². The highest BCUT2D eigenvalue weighted by molar-refractivity contribution is 7.80. The quantitative estimate of drug-likeness (QED) is 0.529. The van der Waals surface area contributed by atoms with Crippen LogP contribution < -0.4 is 10.5 Å². The smallest absolute Gasteiger partial charge is 0.129 e. The maximum Gasteiger partial charge on any atom is 0.129 e. The molecule has 0 aromatic heterocycles. The molecule has 0 aliphatic heterocycles. The Hall–Kier alpha value is -1.17. The Bertz CT molecular complexity index is 413. The topological polar surface area (TPSA) is 47.7 Å². The van der Waals surface area contributed by atoms with Gasteiger partial charge in [-0.1, -0.05) is 24.4 Å². The minimum absolute atomic E-state index is 0.372. The molecule has 0 heterocycles. The van der Waals surface area contributed by atoms with Gasteiger partial charge in [-0.3, -0.25) is 0 Å². The van der Waals surface area contributed by atoms with Crippen molar-refractivity contribution in [3.63, 3.8) is 0 Å². The van der Waals surface area contributed by atoms with Crippen LogP contribution in [0.4, 0.5) is 0 Å². The molecule has 0 aliphatic rings. The van der Waals surface area contributed by atoms with E-state index >= 15 is 0 Å². The summed E-state index contributed by atoms with van der Waals surface area (Å²) in [6, 6.07) is 7.62. The van der Waals surface area contributed by atoms with Crippen molar-refractivity contribution >= 4 is 17.2 Å². The van der Waals surface area contributed by atoms with E-state index in [0.29, 0.717) is 11.6 Å². The second-order valence-corrected chi connectivity index (χ2v) is 5.15. The Kier molecular flexibility index (Phi) is 8.18. The summed E-state index contributed by atoms with van der Waals surface area (Å²) in [6.07, 6.45) is 2.02. The Labute approximate surface area is 126 Å². The SMILES string of the molecule is COCCCN(C)CCCOc1ccccc1C(N)=S. The molecule has 2 N–H and O–H groups in total. The summed E-state index contributed by atoms with van der Waals surface area (Å²) in [5.74, 6) is 0.766. The number of nitrogens with zero attached hydrogens (tertiary/aromatic N) is 1. The lowest BCUT2D eigenvalue weighted by atomic mass is 10.2. The minimum atomic E-state index is 0.372. The van der Waals surface area contributed by atoms with E-state index in [-0.39, 0.29) is 0 Å². The summed E-state index contributed by atoms with van der Waals surface area (Å²) in [5.41, 5.74) is 6.47. The van der Waals surface area contributed by atoms with Crippen molar-refractivity contribution in [1.82, 2.24) is 4.90 Å². The lowest BCUT2D eigenvalue weighted by molar-refractivity contribution is 0.176. The van der Waals surface area contributed by atoms with Gasteiger partial charge >= 0.3 is 0 Å². The lowest BCUT2D eigenvalue weighted by Gasteiger charge is -2.16. The van der Waals surface area contributed by atoms with Gasteiger partial charge in [0.1, 0.15) is 10.7 Å². The molecule has 20 heavy (non-hydrogen) atoms. The normalized spacial score (nSPS) is 10.8. The first-order valence-electron chi connectivity index (χ1n) is 6.84. The van der Waals surface area contributed by atoms with Gasteiger partial charge in [-0.25, -0.2) is 0 Å². The van der Waals surface area contributed by atoms with E-state index in [2.05, 4.69) is 11.9 Å². The minimum Gasteiger partial charge on any atom is -0.493 e. The molecule has 112 valence electrons. The van der Waals surface area contributed by atoms with Gasteiger partial charge in [-0.15, -0.1) is 0 Å². The van der Waals surface area contributed by atoms with Crippen LogP contribution in [0.5, 0.6) is 5.75 Å². The molecule has 0 spiro atoms. The number of nitrogens with two attached hydrogens (primary N) is 1. The van der Waals surface area contributed by atoms with E-state index in [4.69, 9.17) is 27.4 Å². The van der Waals surface area contributed by atoms with Gasteiger partial charge in [0.05, 0.1) is 12.2 Å². The molecule has 4 nitrogen and oxygen atoms in total. The van der Waals surface area contributed by atoms with Gasteiger partial charge in [0.15, 0.2) is 0 Å². The molecular weight excluding hydrogens is 272 g/mol. The maximum atomic E-state index is 5.76. The Morgan fingerprint density at radius 1 is 1.20 bits per heavy atom. The fraction of sp³-hybridized carbons (Fsp3) is 0.533. The lowest BCUT2D eigenvalue weighted by Crippen LogP contribution is -2.23. The number of hydrogen-bond donors (Lipinski definition) is 1. The van der Waals surface area contributed by atoms with Crippen molar-refractivity contribution in [2.24, 2.45) is 5.73 Å². The Balaban J connectivity index is 2.26. The van der Waals surface area contributed by atoms with Crippen molar-refractivity contribution in [3.8, 4) is 5.75 Å². The molecule has 5 heteroatoms. The van der Waals surface area contributed by atoms with Crippen LogP contribution in [0.1, 0.15) is 18.4 Å². The average molecular weight is 296 g/mol. The number of methoxy groups -OCH3 is 1. The predicted octanol–water partition coefficient (Wildman–Crippen LogP) is 2.06. The number of benzene rings is 1. The highest BCUT2D eigenvalue weighted by Gasteiger charge is 2.05. The first-order valence-corrected chi connectivity index (χ1v) is 7.25. The zero-order valence-electron chi connectivity index (χ0n) is 12.3. The fourth-order valence-corrected chi connectivity index (χ4v) is 2.07. The van der Waals surface area contributed by atoms with Gasteiger partial charge in [-0.05, 0) is 32.0 Å². The van der Waals surface area contributed by atoms with Crippen LogP contribution in [0.25, 0.3) is 0 Å². The van der Waals surface area contributed by atoms with Crippen molar-refractivity contribution in [2.45, 2.75) is 12.8 Å². The van der Waals surface area contributed by atoms with E-state index in [1.165, 1.54) is 0 Å². The molecule has 0 saturated heterocycles.